The first-order valence-corrected chi connectivity index (χ1v) is 15.5. The van der Waals surface area contributed by atoms with Crippen molar-refractivity contribution in [1.29, 1.82) is 0 Å². The standard InChI is InChI=1S/C29H44O6Si/c1-22-18-19-33-25(20-22)16-17-27(35-36(7,8)29(2,3)4)26(10-9-11-28(30)32-6)34-21-23-12-14-24(31-5)15-13-23/h9,11-18,25-27H,10,19-21H2,1-8H3/t25-,26+,27?/m1/s1. The van der Waals surface area contributed by atoms with E-state index in [1.54, 1.807) is 13.2 Å². The molecule has 1 heterocycles. The van der Waals surface area contributed by atoms with Crippen LogP contribution in [0.15, 0.2) is 60.2 Å². The number of carbonyl (C=O) groups excluding carboxylic acids is 1. The van der Waals surface area contributed by atoms with Crippen LogP contribution >= 0.6 is 0 Å². The summed E-state index contributed by atoms with van der Waals surface area (Å²) in [6.07, 6.45) is 10.3. The highest BCUT2D eigenvalue weighted by Crippen LogP contribution is 2.38. The number of carbonyl (C=O) groups is 1. The van der Waals surface area contributed by atoms with Crippen LogP contribution in [0.3, 0.4) is 0 Å². The van der Waals surface area contributed by atoms with Crippen molar-refractivity contribution in [3.63, 3.8) is 0 Å². The second kappa shape index (κ2) is 13.9. The molecule has 0 N–H and O–H groups in total. The molecule has 0 spiro atoms. The highest BCUT2D eigenvalue weighted by molar-refractivity contribution is 6.74. The molecule has 1 aliphatic rings. The predicted octanol–water partition coefficient (Wildman–Crippen LogP) is 6.38. The van der Waals surface area contributed by atoms with Gasteiger partial charge in [-0.15, -0.1) is 0 Å². The van der Waals surface area contributed by atoms with Crippen molar-refractivity contribution in [2.75, 3.05) is 20.8 Å². The third-order valence-electron chi connectivity index (χ3n) is 6.83. The predicted molar refractivity (Wildman–Crippen MR) is 147 cm³/mol. The van der Waals surface area contributed by atoms with E-state index in [2.05, 4.69) is 59.0 Å². The number of benzene rings is 1. The molecule has 1 aliphatic heterocycles. The molecule has 0 radical (unpaired) electrons. The molecule has 7 heteroatoms. The number of hydrogen-bond donors (Lipinski definition) is 0. The molecule has 1 aromatic carbocycles. The molecule has 6 nitrogen and oxygen atoms in total. The molecule has 2 rings (SSSR count). The molecule has 0 amide bonds. The first-order valence-electron chi connectivity index (χ1n) is 12.6. The van der Waals surface area contributed by atoms with Crippen LogP contribution in [-0.2, 0) is 30.0 Å². The molecule has 0 bridgehead atoms. The van der Waals surface area contributed by atoms with Crippen molar-refractivity contribution in [1.82, 2.24) is 0 Å². The summed E-state index contributed by atoms with van der Waals surface area (Å²) in [5.41, 5.74) is 2.36. The zero-order chi connectivity index (χ0) is 26.8. The van der Waals surface area contributed by atoms with Crippen molar-refractivity contribution >= 4 is 14.3 Å². The van der Waals surface area contributed by atoms with Crippen LogP contribution in [0, 0.1) is 0 Å². The average molecular weight is 517 g/mol. The lowest BCUT2D eigenvalue weighted by Crippen LogP contribution is -2.47. The maximum absolute atomic E-state index is 11.7. The molecular formula is C29H44O6Si. The minimum absolute atomic E-state index is 0.00775. The van der Waals surface area contributed by atoms with Gasteiger partial charge in [0.15, 0.2) is 8.32 Å². The molecule has 1 aromatic rings. The second-order valence-electron chi connectivity index (χ2n) is 10.7. The summed E-state index contributed by atoms with van der Waals surface area (Å²) in [6.45, 7) is 14.3. The lowest BCUT2D eigenvalue weighted by molar-refractivity contribution is -0.134. The van der Waals surface area contributed by atoms with Gasteiger partial charge in [-0.25, -0.2) is 4.79 Å². The summed E-state index contributed by atoms with van der Waals surface area (Å²) < 4.78 is 29.3. The van der Waals surface area contributed by atoms with Crippen LogP contribution < -0.4 is 4.74 Å². The Balaban J connectivity index is 2.31. The Hall–Kier alpha value is -2.19. The van der Waals surface area contributed by atoms with Crippen molar-refractivity contribution in [3.05, 3.63) is 65.8 Å². The van der Waals surface area contributed by atoms with Crippen molar-refractivity contribution in [3.8, 4) is 5.75 Å². The molecular weight excluding hydrogens is 472 g/mol. The summed E-state index contributed by atoms with van der Waals surface area (Å²) in [6, 6.07) is 7.82. The molecule has 0 fully saturated rings. The number of esters is 1. The van der Waals surface area contributed by atoms with Crippen molar-refractivity contribution in [2.24, 2.45) is 0 Å². The maximum Gasteiger partial charge on any atom is 0.330 e. The van der Waals surface area contributed by atoms with Gasteiger partial charge in [-0.3, -0.25) is 0 Å². The van der Waals surface area contributed by atoms with Crippen LogP contribution in [0.5, 0.6) is 5.75 Å². The first-order chi connectivity index (χ1) is 16.9. The van der Waals surface area contributed by atoms with Gasteiger partial charge in [0.05, 0.1) is 45.7 Å². The van der Waals surface area contributed by atoms with Crippen LogP contribution in [0.2, 0.25) is 18.1 Å². The van der Waals surface area contributed by atoms with Crippen LogP contribution in [-0.4, -0.2) is 53.4 Å². The smallest absolute Gasteiger partial charge is 0.330 e. The Morgan fingerprint density at radius 1 is 1.19 bits per heavy atom. The van der Waals surface area contributed by atoms with Crippen molar-refractivity contribution in [2.45, 2.75) is 83.6 Å². The zero-order valence-corrected chi connectivity index (χ0v) is 24.2. The van der Waals surface area contributed by atoms with Gasteiger partial charge in [0.1, 0.15) is 5.75 Å². The van der Waals surface area contributed by atoms with E-state index in [0.29, 0.717) is 19.6 Å². The normalized spacial score (nSPS) is 18.8. The van der Waals surface area contributed by atoms with E-state index in [-0.39, 0.29) is 29.3 Å². The maximum atomic E-state index is 11.7. The number of hydrogen-bond acceptors (Lipinski definition) is 6. The van der Waals surface area contributed by atoms with Crippen molar-refractivity contribution < 1.29 is 28.2 Å². The third kappa shape index (κ3) is 9.69. The second-order valence-corrected chi connectivity index (χ2v) is 15.5. The van der Waals surface area contributed by atoms with Gasteiger partial charge in [0.2, 0.25) is 0 Å². The largest absolute Gasteiger partial charge is 0.497 e. The zero-order valence-electron chi connectivity index (χ0n) is 23.2. The molecule has 36 heavy (non-hydrogen) atoms. The van der Waals surface area contributed by atoms with Gasteiger partial charge < -0.3 is 23.4 Å². The van der Waals surface area contributed by atoms with Crippen LogP contribution in [0.4, 0.5) is 0 Å². The fourth-order valence-electron chi connectivity index (χ4n) is 3.48. The minimum atomic E-state index is -2.14. The summed E-state index contributed by atoms with van der Waals surface area (Å²) in [5, 5.41) is 0.0299. The number of methoxy groups -OCH3 is 2. The number of rotatable bonds is 12. The van der Waals surface area contributed by atoms with Gasteiger partial charge in [0, 0.05) is 6.08 Å². The first kappa shape index (κ1) is 30.0. The van der Waals surface area contributed by atoms with Gasteiger partial charge in [-0.1, -0.05) is 62.8 Å². The Labute approximate surface area is 218 Å². The molecule has 3 atom stereocenters. The SMILES string of the molecule is COC(=O)C=CC[C@H](OCc1ccc(OC)cc1)C(C=C[C@@H]1CC(C)=CCO1)O[Si](C)(C)C(C)(C)C. The Morgan fingerprint density at radius 3 is 2.47 bits per heavy atom. The summed E-state index contributed by atoms with van der Waals surface area (Å²) >= 11 is 0. The van der Waals surface area contributed by atoms with E-state index in [9.17, 15) is 4.79 Å². The Morgan fingerprint density at radius 2 is 1.89 bits per heavy atom. The molecule has 200 valence electrons. The Bertz CT molecular complexity index is 911. The van der Waals surface area contributed by atoms with Crippen LogP contribution in [0.25, 0.3) is 0 Å². The summed E-state index contributed by atoms with van der Waals surface area (Å²) in [7, 11) is 0.887. The van der Waals surface area contributed by atoms with E-state index in [1.165, 1.54) is 18.8 Å². The van der Waals surface area contributed by atoms with Gasteiger partial charge in [-0.05, 0) is 55.6 Å². The molecule has 0 aliphatic carbocycles. The van der Waals surface area contributed by atoms with E-state index in [0.717, 1.165) is 17.7 Å². The van der Waals surface area contributed by atoms with Gasteiger partial charge in [-0.2, -0.15) is 0 Å². The fourth-order valence-corrected chi connectivity index (χ4v) is 4.74. The van der Waals surface area contributed by atoms with E-state index >= 15 is 0 Å². The van der Waals surface area contributed by atoms with Gasteiger partial charge >= 0.3 is 5.97 Å². The quantitative estimate of drug-likeness (QED) is 0.139. The third-order valence-corrected chi connectivity index (χ3v) is 11.3. The number of ether oxygens (including phenoxy) is 4. The monoisotopic (exact) mass is 516 g/mol. The van der Waals surface area contributed by atoms with E-state index in [4.69, 9.17) is 23.4 Å². The molecule has 0 saturated heterocycles. The highest BCUT2D eigenvalue weighted by Gasteiger charge is 2.40. The van der Waals surface area contributed by atoms with E-state index < -0.39 is 8.32 Å². The summed E-state index contributed by atoms with van der Waals surface area (Å²) in [5.74, 6) is 0.411. The average Bonchev–Trinajstić information content (AvgIpc) is 2.83. The molecule has 0 saturated carbocycles. The van der Waals surface area contributed by atoms with Crippen LogP contribution in [0.1, 0.15) is 46.1 Å². The lowest BCUT2D eigenvalue weighted by Gasteiger charge is -2.40. The van der Waals surface area contributed by atoms with E-state index in [1.807, 2.05) is 24.3 Å². The molecule has 0 aromatic heterocycles. The highest BCUT2D eigenvalue weighted by atomic mass is 28.4. The molecule has 1 unspecified atom stereocenters. The topological polar surface area (TPSA) is 63.2 Å². The van der Waals surface area contributed by atoms with Gasteiger partial charge in [0.25, 0.3) is 0 Å². The minimum Gasteiger partial charge on any atom is -0.497 e. The summed E-state index contributed by atoms with van der Waals surface area (Å²) in [4.78, 5) is 11.7. The fraction of sp³-hybridized carbons (Fsp3) is 0.552. The Kier molecular flexibility index (Phi) is 11.6. The lowest BCUT2D eigenvalue weighted by atomic mass is 10.0.